The second-order valence-electron chi connectivity index (χ2n) is 11.4. The maximum atomic E-state index is 13.9. The van der Waals surface area contributed by atoms with Crippen LogP contribution in [0.2, 0.25) is 0 Å². The van der Waals surface area contributed by atoms with Gasteiger partial charge in [0.2, 0.25) is 5.95 Å². The van der Waals surface area contributed by atoms with Crippen molar-refractivity contribution < 1.29 is 13.9 Å². The summed E-state index contributed by atoms with van der Waals surface area (Å²) in [6.45, 7) is 6.39. The maximum Gasteiger partial charge on any atom is 0.204 e. The third-order valence-electron chi connectivity index (χ3n) is 9.09. The first-order valence-corrected chi connectivity index (χ1v) is 13.7. The molecule has 0 bridgehead atoms. The van der Waals surface area contributed by atoms with Crippen molar-refractivity contribution >= 4 is 17.0 Å². The van der Waals surface area contributed by atoms with Crippen molar-refractivity contribution in [3.05, 3.63) is 59.2 Å². The Morgan fingerprint density at radius 2 is 1.95 bits per heavy atom. The Bertz CT molecular complexity index is 1220. The number of fused-ring (bicyclic) bond motifs is 2. The lowest BCUT2D eigenvalue weighted by molar-refractivity contribution is 0.153. The maximum absolute atomic E-state index is 13.9. The highest BCUT2D eigenvalue weighted by atomic mass is 19.2. The zero-order valence-electron chi connectivity index (χ0n) is 21.6. The molecule has 1 aromatic heterocycles. The Kier molecular flexibility index (Phi) is 6.67. The molecule has 6 rings (SSSR count). The quantitative estimate of drug-likeness (QED) is 0.475. The van der Waals surface area contributed by atoms with Crippen molar-refractivity contribution in [1.29, 1.82) is 0 Å². The fourth-order valence-corrected chi connectivity index (χ4v) is 6.75. The summed E-state index contributed by atoms with van der Waals surface area (Å²) < 4.78 is 27.8. The van der Waals surface area contributed by atoms with Crippen molar-refractivity contribution in [1.82, 2.24) is 19.8 Å². The summed E-state index contributed by atoms with van der Waals surface area (Å²) in [5.74, 6) is -0.383. The molecule has 37 heavy (non-hydrogen) atoms. The molecule has 3 fully saturated rings. The van der Waals surface area contributed by atoms with Crippen LogP contribution in [0.1, 0.15) is 43.2 Å². The number of likely N-dealkylation sites (N-methyl/N-ethyl adjacent to an activating group) is 1. The zero-order valence-corrected chi connectivity index (χ0v) is 21.6. The van der Waals surface area contributed by atoms with Crippen LogP contribution in [0.15, 0.2) is 36.4 Å². The van der Waals surface area contributed by atoms with E-state index in [0.717, 1.165) is 76.5 Å². The molecule has 2 aliphatic carbocycles. The van der Waals surface area contributed by atoms with Gasteiger partial charge in [-0.3, -0.25) is 0 Å². The monoisotopic (exact) mass is 509 g/mol. The summed E-state index contributed by atoms with van der Waals surface area (Å²) in [6.07, 6.45) is 5.44. The molecule has 0 amide bonds. The topological polar surface area (TPSA) is 58.6 Å². The molecule has 0 radical (unpaired) electrons. The molecule has 3 atom stereocenters. The molecule has 2 saturated carbocycles. The van der Waals surface area contributed by atoms with Gasteiger partial charge in [0.25, 0.3) is 0 Å². The number of H-pyrrole nitrogens is 1. The number of nitrogens with zero attached hydrogens (tertiary/aromatic N) is 4. The number of aliphatic hydroxyl groups is 1. The molecule has 3 aromatic rings. The Labute approximate surface area is 217 Å². The fourth-order valence-electron chi connectivity index (χ4n) is 6.75. The minimum Gasteiger partial charge on any atom is -0.392 e. The number of aliphatic hydroxyl groups excluding tert-OH is 1. The minimum atomic E-state index is -0.863. The van der Waals surface area contributed by atoms with Crippen LogP contribution >= 0.6 is 0 Å². The van der Waals surface area contributed by atoms with Crippen molar-refractivity contribution in [3.63, 3.8) is 0 Å². The van der Waals surface area contributed by atoms with E-state index in [1.54, 1.807) is 0 Å². The zero-order chi connectivity index (χ0) is 25.6. The number of hydrogen-bond acceptors (Lipinski definition) is 5. The van der Waals surface area contributed by atoms with E-state index in [-0.39, 0.29) is 12.0 Å². The smallest absolute Gasteiger partial charge is 0.204 e. The van der Waals surface area contributed by atoms with Crippen LogP contribution in [0.4, 0.5) is 14.7 Å². The van der Waals surface area contributed by atoms with Crippen LogP contribution in [-0.4, -0.2) is 77.2 Å². The number of aromatic amines is 1. The number of imidazole rings is 1. The molecule has 0 spiro atoms. The lowest BCUT2D eigenvalue weighted by atomic mass is 9.80. The van der Waals surface area contributed by atoms with Gasteiger partial charge < -0.3 is 24.8 Å². The van der Waals surface area contributed by atoms with E-state index in [4.69, 9.17) is 4.98 Å². The molecular formula is C29H37F2N5O. The molecule has 3 aliphatic rings. The highest BCUT2D eigenvalue weighted by Gasteiger charge is 2.58. The summed E-state index contributed by atoms with van der Waals surface area (Å²) in [4.78, 5) is 15.3. The Hall–Kier alpha value is -2.55. The number of rotatable bonds is 8. The van der Waals surface area contributed by atoms with E-state index in [2.05, 4.69) is 44.9 Å². The summed E-state index contributed by atoms with van der Waals surface area (Å²) in [7, 11) is 2.17. The van der Waals surface area contributed by atoms with Gasteiger partial charge in [0.15, 0.2) is 11.6 Å². The number of piperazine rings is 1. The van der Waals surface area contributed by atoms with E-state index in [0.29, 0.717) is 23.0 Å². The second-order valence-corrected chi connectivity index (χ2v) is 11.4. The molecule has 2 heterocycles. The Morgan fingerprint density at radius 1 is 1.14 bits per heavy atom. The van der Waals surface area contributed by atoms with Gasteiger partial charge in [0.1, 0.15) is 0 Å². The summed E-state index contributed by atoms with van der Waals surface area (Å²) in [5, 5.41) is 9.61. The second kappa shape index (κ2) is 9.97. The number of aromatic nitrogens is 2. The number of hydrogen-bond donors (Lipinski definition) is 2. The molecule has 1 aliphatic heterocycles. The average molecular weight is 510 g/mol. The summed E-state index contributed by atoms with van der Waals surface area (Å²) in [6, 6.07) is 11.2. The SMILES string of the molecule is CN1CCN(CCCN(c2nc3cc(F)c(F)cc3[nH]2)[C@@H]2CC[C@]3(c4cccc(CO)c4)CC3C2)CC1. The Morgan fingerprint density at radius 3 is 2.73 bits per heavy atom. The average Bonchev–Trinajstić information content (AvgIpc) is 3.53. The van der Waals surface area contributed by atoms with E-state index in [9.17, 15) is 13.9 Å². The van der Waals surface area contributed by atoms with Gasteiger partial charge in [-0.05, 0) is 68.2 Å². The van der Waals surface area contributed by atoms with Crippen LogP contribution in [0.5, 0.6) is 0 Å². The van der Waals surface area contributed by atoms with Crippen LogP contribution in [0.25, 0.3) is 11.0 Å². The first-order chi connectivity index (χ1) is 17.9. The first kappa shape index (κ1) is 24.8. The predicted octanol–water partition coefficient (Wildman–Crippen LogP) is 4.29. The van der Waals surface area contributed by atoms with Gasteiger partial charge in [-0.2, -0.15) is 0 Å². The van der Waals surface area contributed by atoms with Gasteiger partial charge in [-0.25, -0.2) is 13.8 Å². The highest BCUT2D eigenvalue weighted by Crippen LogP contribution is 2.63. The van der Waals surface area contributed by atoms with Crippen LogP contribution in [0.3, 0.4) is 0 Å². The molecule has 2 aromatic carbocycles. The van der Waals surface area contributed by atoms with Crippen molar-refractivity contribution in [2.45, 2.75) is 50.2 Å². The van der Waals surface area contributed by atoms with Crippen molar-refractivity contribution in [2.75, 3.05) is 51.2 Å². The van der Waals surface area contributed by atoms with Gasteiger partial charge in [0, 0.05) is 50.9 Å². The van der Waals surface area contributed by atoms with E-state index >= 15 is 0 Å². The summed E-state index contributed by atoms with van der Waals surface area (Å²) in [5.41, 5.74) is 3.57. The Balaban J connectivity index is 1.20. The van der Waals surface area contributed by atoms with Crippen LogP contribution in [-0.2, 0) is 12.0 Å². The molecule has 1 saturated heterocycles. The van der Waals surface area contributed by atoms with E-state index in [1.807, 2.05) is 6.07 Å². The normalized spacial score (nSPS) is 26.4. The first-order valence-electron chi connectivity index (χ1n) is 13.7. The predicted molar refractivity (Wildman–Crippen MR) is 142 cm³/mol. The standard InChI is InChI=1S/C29H37F2N5O/c1-34-10-12-35(13-11-34)8-3-9-36(28-32-26-16-24(30)25(31)17-27(26)33-28)23-6-7-29(18-22(29)15-23)21-5-2-4-20(14-21)19-37/h2,4-5,14,16-17,22-23,37H,3,6-13,15,18-19H2,1H3,(H,32,33)/t22?,23-,29-/m1/s1. The van der Waals surface area contributed by atoms with Gasteiger partial charge in [-0.1, -0.05) is 24.3 Å². The van der Waals surface area contributed by atoms with Crippen molar-refractivity contribution in [2.24, 2.45) is 5.92 Å². The van der Waals surface area contributed by atoms with Gasteiger partial charge in [-0.15, -0.1) is 0 Å². The molecule has 6 nitrogen and oxygen atoms in total. The van der Waals surface area contributed by atoms with Gasteiger partial charge >= 0.3 is 0 Å². The molecule has 8 heteroatoms. The number of benzene rings is 2. The largest absolute Gasteiger partial charge is 0.392 e. The highest BCUT2D eigenvalue weighted by molar-refractivity contribution is 5.77. The van der Waals surface area contributed by atoms with E-state index in [1.165, 1.54) is 24.1 Å². The third-order valence-corrected chi connectivity index (χ3v) is 9.09. The van der Waals surface area contributed by atoms with E-state index < -0.39 is 11.6 Å². The third kappa shape index (κ3) is 4.87. The number of anilines is 1. The summed E-state index contributed by atoms with van der Waals surface area (Å²) >= 11 is 0. The molecule has 1 unspecified atom stereocenters. The molecule has 198 valence electrons. The van der Waals surface area contributed by atoms with Crippen LogP contribution in [0, 0.1) is 17.6 Å². The number of nitrogens with one attached hydrogen (secondary N) is 1. The number of halogens is 2. The van der Waals surface area contributed by atoms with Gasteiger partial charge in [0.05, 0.1) is 17.6 Å². The molecule has 2 N–H and O–H groups in total. The van der Waals surface area contributed by atoms with Crippen LogP contribution < -0.4 is 4.90 Å². The minimum absolute atomic E-state index is 0.0749. The fraction of sp³-hybridized carbons (Fsp3) is 0.552. The molecular weight excluding hydrogens is 472 g/mol. The van der Waals surface area contributed by atoms with Crippen molar-refractivity contribution in [3.8, 4) is 0 Å². The lowest BCUT2D eigenvalue weighted by Crippen LogP contribution is -2.46. The lowest BCUT2D eigenvalue weighted by Gasteiger charge is -2.38.